The van der Waals surface area contributed by atoms with Crippen molar-refractivity contribution in [1.82, 2.24) is 9.91 Å². The largest absolute Gasteiger partial charge is 0.336 e. The summed E-state index contributed by atoms with van der Waals surface area (Å²) in [7, 11) is 1.59. The molecule has 2 aliphatic rings. The van der Waals surface area contributed by atoms with Crippen LogP contribution in [0.15, 0.2) is 53.6 Å². The summed E-state index contributed by atoms with van der Waals surface area (Å²) >= 11 is 0. The van der Waals surface area contributed by atoms with Gasteiger partial charge >= 0.3 is 0 Å². The minimum Gasteiger partial charge on any atom is -0.336 e. The van der Waals surface area contributed by atoms with Crippen molar-refractivity contribution in [1.29, 1.82) is 0 Å². The fraction of sp³-hybridized carbons (Fsp3) is 0.348. The van der Waals surface area contributed by atoms with Crippen molar-refractivity contribution in [3.05, 3.63) is 71.3 Å². The first-order valence-corrected chi connectivity index (χ1v) is 10.1. The summed E-state index contributed by atoms with van der Waals surface area (Å²) in [5, 5.41) is 5.56. The van der Waals surface area contributed by atoms with E-state index >= 15 is 0 Å². The Labute approximate surface area is 174 Å². The predicted octanol–water partition coefficient (Wildman–Crippen LogP) is 3.90. The molecular weight excluding hydrogens is 388 g/mol. The highest BCUT2D eigenvalue weighted by Gasteiger charge is 2.36. The van der Waals surface area contributed by atoms with Crippen LogP contribution in [0.4, 0.5) is 8.78 Å². The SMILES string of the molecule is CN(CC(=O)N1N=C(c2ccccc2F)CC1c1ccccc1F)C(=O)C1CCC1. The Hall–Kier alpha value is -3.09. The molecule has 30 heavy (non-hydrogen) atoms. The number of amides is 2. The number of hydrazone groups is 1. The normalized spacial score (nSPS) is 18.7. The standard InChI is InChI=1S/C23H23F2N3O2/c1-27(23(30)15-7-6-8-15)14-22(29)28-21(17-10-3-5-12-19(17)25)13-20(26-28)16-9-2-4-11-18(16)24/h2-5,9-12,15,21H,6-8,13-14H2,1H3. The first-order chi connectivity index (χ1) is 14.5. The molecule has 0 radical (unpaired) electrons. The molecule has 2 amide bonds. The molecule has 1 heterocycles. The smallest absolute Gasteiger partial charge is 0.262 e. The topological polar surface area (TPSA) is 53.0 Å². The van der Waals surface area contributed by atoms with Gasteiger partial charge in [-0.2, -0.15) is 5.10 Å². The minimum atomic E-state index is -0.694. The quantitative estimate of drug-likeness (QED) is 0.749. The molecule has 156 valence electrons. The van der Waals surface area contributed by atoms with E-state index < -0.39 is 23.6 Å². The second kappa shape index (κ2) is 8.34. The van der Waals surface area contributed by atoms with Gasteiger partial charge in [0, 0.05) is 30.5 Å². The first kappa shape index (κ1) is 20.2. The van der Waals surface area contributed by atoms with Crippen LogP contribution < -0.4 is 0 Å². The Morgan fingerprint density at radius 1 is 1.07 bits per heavy atom. The zero-order valence-corrected chi connectivity index (χ0v) is 16.7. The van der Waals surface area contributed by atoms with Gasteiger partial charge in [0.05, 0.1) is 11.8 Å². The van der Waals surface area contributed by atoms with Gasteiger partial charge in [0.25, 0.3) is 5.91 Å². The van der Waals surface area contributed by atoms with Gasteiger partial charge in [-0.3, -0.25) is 9.59 Å². The molecule has 1 saturated carbocycles. The molecule has 7 heteroatoms. The molecule has 1 aliphatic heterocycles. The van der Waals surface area contributed by atoms with Gasteiger partial charge in [0.1, 0.15) is 18.2 Å². The van der Waals surface area contributed by atoms with E-state index in [9.17, 15) is 18.4 Å². The predicted molar refractivity (Wildman–Crippen MR) is 109 cm³/mol. The molecule has 0 N–H and O–H groups in total. The van der Waals surface area contributed by atoms with Crippen LogP contribution in [0.2, 0.25) is 0 Å². The number of carbonyl (C=O) groups excluding carboxylic acids is 2. The fourth-order valence-electron chi connectivity index (χ4n) is 3.91. The van der Waals surface area contributed by atoms with Crippen LogP contribution in [0.25, 0.3) is 0 Å². The third-order valence-corrected chi connectivity index (χ3v) is 5.82. The Kier molecular flexibility index (Phi) is 5.61. The number of halogens is 2. The van der Waals surface area contributed by atoms with Crippen LogP contribution in [0.3, 0.4) is 0 Å². The van der Waals surface area contributed by atoms with Gasteiger partial charge in [-0.25, -0.2) is 13.8 Å². The van der Waals surface area contributed by atoms with E-state index in [2.05, 4.69) is 5.10 Å². The summed E-state index contributed by atoms with van der Waals surface area (Å²) in [6.07, 6.45) is 2.90. The third kappa shape index (κ3) is 3.84. The van der Waals surface area contributed by atoms with E-state index in [1.807, 2.05) is 0 Å². The number of hydrogen-bond acceptors (Lipinski definition) is 3. The highest BCUT2D eigenvalue weighted by Crippen LogP contribution is 2.35. The number of likely N-dealkylation sites (N-methyl/N-ethyl adjacent to an activating group) is 1. The van der Waals surface area contributed by atoms with Gasteiger partial charge in [-0.05, 0) is 25.0 Å². The Balaban J connectivity index is 1.61. The number of nitrogens with zero attached hydrogens (tertiary/aromatic N) is 3. The molecule has 1 atom stereocenters. The van der Waals surface area contributed by atoms with E-state index in [0.717, 1.165) is 19.3 Å². The Morgan fingerprint density at radius 2 is 1.73 bits per heavy atom. The van der Waals surface area contributed by atoms with E-state index in [0.29, 0.717) is 11.3 Å². The second-order valence-electron chi connectivity index (χ2n) is 7.83. The first-order valence-electron chi connectivity index (χ1n) is 10.1. The Morgan fingerprint density at radius 3 is 2.37 bits per heavy atom. The van der Waals surface area contributed by atoms with Gasteiger partial charge in [0.2, 0.25) is 5.91 Å². The van der Waals surface area contributed by atoms with E-state index in [-0.39, 0.29) is 30.4 Å². The summed E-state index contributed by atoms with van der Waals surface area (Å²) in [6, 6.07) is 11.7. The van der Waals surface area contributed by atoms with Crippen molar-refractivity contribution in [3.63, 3.8) is 0 Å². The second-order valence-corrected chi connectivity index (χ2v) is 7.83. The maximum Gasteiger partial charge on any atom is 0.262 e. The van der Waals surface area contributed by atoms with Crippen LogP contribution in [0.1, 0.15) is 42.9 Å². The molecule has 0 aromatic heterocycles. The van der Waals surface area contributed by atoms with Crippen molar-refractivity contribution in [2.45, 2.75) is 31.7 Å². The molecule has 1 fully saturated rings. The lowest BCUT2D eigenvalue weighted by Crippen LogP contribution is -2.43. The summed E-state index contributed by atoms with van der Waals surface area (Å²) < 4.78 is 28.8. The maximum atomic E-state index is 14.5. The van der Waals surface area contributed by atoms with Crippen LogP contribution in [-0.4, -0.2) is 41.0 Å². The highest BCUT2D eigenvalue weighted by atomic mass is 19.1. The van der Waals surface area contributed by atoms with Crippen LogP contribution in [0.5, 0.6) is 0 Å². The lowest BCUT2D eigenvalue weighted by atomic mass is 9.84. The van der Waals surface area contributed by atoms with Crippen molar-refractivity contribution < 1.29 is 18.4 Å². The van der Waals surface area contributed by atoms with Gasteiger partial charge in [0.15, 0.2) is 0 Å². The molecular formula is C23H23F2N3O2. The molecule has 1 aliphatic carbocycles. The average molecular weight is 411 g/mol. The lowest BCUT2D eigenvalue weighted by molar-refractivity contribution is -0.144. The van der Waals surface area contributed by atoms with E-state index in [4.69, 9.17) is 0 Å². The summed E-state index contributed by atoms with van der Waals surface area (Å²) in [5.41, 5.74) is 0.977. The number of carbonyl (C=O) groups is 2. The molecule has 2 aromatic rings. The molecule has 5 nitrogen and oxygen atoms in total. The van der Waals surface area contributed by atoms with E-state index in [1.54, 1.807) is 43.4 Å². The van der Waals surface area contributed by atoms with Crippen LogP contribution in [0, 0.1) is 17.6 Å². The van der Waals surface area contributed by atoms with Gasteiger partial charge in [-0.1, -0.05) is 42.8 Å². The zero-order valence-electron chi connectivity index (χ0n) is 16.7. The van der Waals surface area contributed by atoms with Gasteiger partial charge < -0.3 is 4.90 Å². The maximum absolute atomic E-state index is 14.5. The summed E-state index contributed by atoms with van der Waals surface area (Å²) in [6.45, 7) is -0.158. The monoisotopic (exact) mass is 411 g/mol. The third-order valence-electron chi connectivity index (χ3n) is 5.82. The van der Waals surface area contributed by atoms with Gasteiger partial charge in [-0.15, -0.1) is 0 Å². The average Bonchev–Trinajstić information content (AvgIpc) is 3.12. The number of hydrogen-bond donors (Lipinski definition) is 0. The fourth-order valence-corrected chi connectivity index (χ4v) is 3.91. The Bertz CT molecular complexity index is 1000. The van der Waals surface area contributed by atoms with Crippen LogP contribution >= 0.6 is 0 Å². The van der Waals surface area contributed by atoms with E-state index in [1.165, 1.54) is 22.0 Å². The lowest BCUT2D eigenvalue weighted by Gasteiger charge is -2.30. The van der Waals surface area contributed by atoms with Crippen molar-refractivity contribution in [2.75, 3.05) is 13.6 Å². The molecule has 0 saturated heterocycles. The van der Waals surface area contributed by atoms with Crippen LogP contribution in [-0.2, 0) is 9.59 Å². The molecule has 0 bridgehead atoms. The number of benzene rings is 2. The summed E-state index contributed by atoms with van der Waals surface area (Å²) in [5.74, 6) is -1.42. The van der Waals surface area contributed by atoms with Crippen molar-refractivity contribution in [2.24, 2.45) is 11.0 Å². The molecule has 4 rings (SSSR count). The molecule has 2 aromatic carbocycles. The minimum absolute atomic E-state index is 0.0266. The number of rotatable bonds is 5. The zero-order chi connectivity index (χ0) is 21.3. The molecule has 0 spiro atoms. The summed E-state index contributed by atoms with van der Waals surface area (Å²) in [4.78, 5) is 26.9. The van der Waals surface area contributed by atoms with Crippen molar-refractivity contribution in [3.8, 4) is 0 Å². The van der Waals surface area contributed by atoms with Crippen molar-refractivity contribution >= 4 is 17.5 Å². The molecule has 1 unspecified atom stereocenters. The highest BCUT2D eigenvalue weighted by molar-refractivity contribution is 6.03.